The van der Waals surface area contributed by atoms with Crippen LogP contribution < -0.4 is 10.6 Å². The van der Waals surface area contributed by atoms with E-state index in [1.807, 2.05) is 31.2 Å². The zero-order valence-corrected chi connectivity index (χ0v) is 13.1. The van der Waals surface area contributed by atoms with Gasteiger partial charge in [-0.05, 0) is 48.4 Å². The zero-order chi connectivity index (χ0) is 15.2. The number of carbonyl (C=O) groups is 1. The number of hydrogen-bond acceptors (Lipinski definition) is 1. The van der Waals surface area contributed by atoms with Gasteiger partial charge in [-0.3, -0.25) is 0 Å². The molecule has 0 aliphatic rings. The van der Waals surface area contributed by atoms with E-state index in [9.17, 15) is 4.79 Å². The molecule has 21 heavy (non-hydrogen) atoms. The smallest absolute Gasteiger partial charge is 0.319 e. The molecular weight excluding hydrogens is 307 g/mol. The summed E-state index contributed by atoms with van der Waals surface area (Å²) in [5.41, 5.74) is 1.72. The molecule has 3 nitrogen and oxygen atoms in total. The Balaban J connectivity index is 1.99. The molecule has 0 saturated heterocycles. The first-order valence-electron chi connectivity index (χ1n) is 6.67. The average molecular weight is 323 g/mol. The van der Waals surface area contributed by atoms with Gasteiger partial charge >= 0.3 is 6.03 Å². The number of urea groups is 1. The van der Waals surface area contributed by atoms with E-state index in [4.69, 9.17) is 23.2 Å². The Morgan fingerprint density at radius 3 is 2.05 bits per heavy atom. The van der Waals surface area contributed by atoms with Crippen LogP contribution >= 0.6 is 23.2 Å². The monoisotopic (exact) mass is 322 g/mol. The molecule has 2 N–H and O–H groups in total. The fourth-order valence-electron chi connectivity index (χ4n) is 1.97. The van der Waals surface area contributed by atoms with E-state index in [0.717, 1.165) is 12.0 Å². The first kappa shape index (κ1) is 15.7. The summed E-state index contributed by atoms with van der Waals surface area (Å²) >= 11 is 11.7. The molecule has 0 aliphatic carbocycles. The number of nitrogens with one attached hydrogen (secondary N) is 2. The quantitative estimate of drug-likeness (QED) is 0.791. The second-order valence-electron chi connectivity index (χ2n) is 4.62. The maximum atomic E-state index is 12.0. The average Bonchev–Trinajstić information content (AvgIpc) is 2.48. The minimum Gasteiger partial charge on any atom is -0.331 e. The Labute approximate surface area is 134 Å². The normalized spacial score (nSPS) is 11.8. The van der Waals surface area contributed by atoms with Crippen LogP contribution in [0.25, 0.3) is 0 Å². The summed E-state index contributed by atoms with van der Waals surface area (Å²) in [6, 6.07) is 14.1. The molecule has 0 spiro atoms. The van der Waals surface area contributed by atoms with Crippen LogP contribution in [-0.2, 0) is 0 Å². The molecule has 5 heteroatoms. The molecule has 0 aliphatic heterocycles. The third-order valence-corrected chi connectivity index (χ3v) is 3.59. The first-order chi connectivity index (χ1) is 10.1. The lowest BCUT2D eigenvalue weighted by molar-refractivity contribution is 0.248. The van der Waals surface area contributed by atoms with Gasteiger partial charge in [-0.15, -0.1) is 0 Å². The predicted octanol–water partition coefficient (Wildman–Crippen LogP) is 5.27. The van der Waals surface area contributed by atoms with Gasteiger partial charge in [0.25, 0.3) is 0 Å². The Bertz CT molecular complexity index is 597. The first-order valence-corrected chi connectivity index (χ1v) is 7.42. The number of halogens is 2. The van der Waals surface area contributed by atoms with Gasteiger partial charge in [-0.2, -0.15) is 0 Å². The molecule has 0 fully saturated rings. The molecule has 2 rings (SSSR count). The Hall–Kier alpha value is -1.71. The molecule has 1 atom stereocenters. The lowest BCUT2D eigenvalue weighted by Crippen LogP contribution is -2.32. The number of benzene rings is 2. The molecule has 0 radical (unpaired) electrons. The third-order valence-electron chi connectivity index (χ3n) is 3.09. The van der Waals surface area contributed by atoms with Crippen molar-refractivity contribution in [1.29, 1.82) is 0 Å². The second-order valence-corrected chi connectivity index (χ2v) is 5.49. The van der Waals surface area contributed by atoms with Gasteiger partial charge < -0.3 is 10.6 Å². The molecule has 110 valence electrons. The molecule has 0 unspecified atom stereocenters. The molecule has 2 aromatic rings. The van der Waals surface area contributed by atoms with Gasteiger partial charge in [0.1, 0.15) is 0 Å². The summed E-state index contributed by atoms with van der Waals surface area (Å²) in [7, 11) is 0. The van der Waals surface area contributed by atoms with Crippen molar-refractivity contribution in [1.82, 2.24) is 5.32 Å². The Morgan fingerprint density at radius 1 is 1.00 bits per heavy atom. The van der Waals surface area contributed by atoms with Gasteiger partial charge in [-0.25, -0.2) is 4.79 Å². The van der Waals surface area contributed by atoms with E-state index in [-0.39, 0.29) is 12.1 Å². The minimum atomic E-state index is -0.251. The van der Waals surface area contributed by atoms with Gasteiger partial charge in [-0.1, -0.05) is 42.3 Å². The minimum absolute atomic E-state index is 0.0606. The van der Waals surface area contributed by atoms with Crippen LogP contribution in [0.15, 0.2) is 48.5 Å². The maximum absolute atomic E-state index is 12.0. The lowest BCUT2D eigenvalue weighted by atomic mass is 10.1. The van der Waals surface area contributed by atoms with E-state index in [1.54, 1.807) is 24.3 Å². The fourth-order valence-corrected chi connectivity index (χ4v) is 2.23. The molecule has 0 bridgehead atoms. The van der Waals surface area contributed by atoms with E-state index < -0.39 is 0 Å². The van der Waals surface area contributed by atoms with Gasteiger partial charge in [0.05, 0.1) is 6.04 Å². The maximum Gasteiger partial charge on any atom is 0.319 e. The fraction of sp³-hybridized carbons (Fsp3) is 0.188. The van der Waals surface area contributed by atoms with Gasteiger partial charge in [0.2, 0.25) is 0 Å². The van der Waals surface area contributed by atoms with Crippen LogP contribution in [0.5, 0.6) is 0 Å². The second kappa shape index (κ2) is 7.34. The van der Waals surface area contributed by atoms with E-state index in [2.05, 4.69) is 10.6 Å². The van der Waals surface area contributed by atoms with Crippen LogP contribution in [0.4, 0.5) is 10.5 Å². The molecule has 2 amide bonds. The topological polar surface area (TPSA) is 41.1 Å². The number of amides is 2. The van der Waals surface area contributed by atoms with Crippen molar-refractivity contribution in [3.05, 3.63) is 64.1 Å². The Kier molecular flexibility index (Phi) is 5.48. The SMILES string of the molecule is CC[C@H](NC(=O)Nc1ccc(Cl)cc1)c1ccc(Cl)cc1. The summed E-state index contributed by atoms with van der Waals surface area (Å²) in [5.74, 6) is 0. The molecular formula is C16H16Cl2N2O. The number of rotatable bonds is 4. The van der Waals surface area contributed by atoms with Crippen molar-refractivity contribution in [3.63, 3.8) is 0 Å². The Morgan fingerprint density at radius 2 is 1.52 bits per heavy atom. The zero-order valence-electron chi connectivity index (χ0n) is 11.6. The van der Waals surface area contributed by atoms with E-state index in [0.29, 0.717) is 15.7 Å². The molecule has 0 saturated carbocycles. The number of anilines is 1. The van der Waals surface area contributed by atoms with Crippen LogP contribution in [0.1, 0.15) is 24.9 Å². The van der Waals surface area contributed by atoms with Crippen molar-refractivity contribution >= 4 is 34.9 Å². The van der Waals surface area contributed by atoms with Crippen molar-refractivity contribution in [3.8, 4) is 0 Å². The van der Waals surface area contributed by atoms with E-state index in [1.165, 1.54) is 0 Å². The van der Waals surface area contributed by atoms with Crippen LogP contribution in [0.3, 0.4) is 0 Å². The molecule has 0 heterocycles. The lowest BCUT2D eigenvalue weighted by Gasteiger charge is -2.18. The highest BCUT2D eigenvalue weighted by molar-refractivity contribution is 6.30. The number of carbonyl (C=O) groups excluding carboxylic acids is 1. The van der Waals surface area contributed by atoms with Gasteiger partial charge in [0, 0.05) is 15.7 Å². The van der Waals surface area contributed by atoms with Crippen molar-refractivity contribution in [2.45, 2.75) is 19.4 Å². The third kappa shape index (κ3) is 4.66. The number of hydrogen-bond donors (Lipinski definition) is 2. The summed E-state index contributed by atoms with van der Waals surface area (Å²) in [6.45, 7) is 2.02. The van der Waals surface area contributed by atoms with Crippen molar-refractivity contribution in [2.75, 3.05) is 5.32 Å². The highest BCUT2D eigenvalue weighted by Gasteiger charge is 2.12. The summed E-state index contributed by atoms with van der Waals surface area (Å²) in [5, 5.41) is 7.03. The highest BCUT2D eigenvalue weighted by Crippen LogP contribution is 2.19. The van der Waals surface area contributed by atoms with Crippen LogP contribution in [-0.4, -0.2) is 6.03 Å². The van der Waals surface area contributed by atoms with Gasteiger partial charge in [0.15, 0.2) is 0 Å². The summed E-state index contributed by atoms with van der Waals surface area (Å²) < 4.78 is 0. The van der Waals surface area contributed by atoms with Crippen molar-refractivity contribution < 1.29 is 4.79 Å². The predicted molar refractivity (Wildman–Crippen MR) is 88.1 cm³/mol. The van der Waals surface area contributed by atoms with Crippen LogP contribution in [0, 0.1) is 0 Å². The summed E-state index contributed by atoms with van der Waals surface area (Å²) in [6.07, 6.45) is 0.787. The standard InChI is InChI=1S/C16H16Cl2N2O/c1-2-15(11-3-5-12(17)6-4-11)20-16(21)19-14-9-7-13(18)8-10-14/h3-10,15H,2H2,1H3,(H2,19,20,21)/t15-/m0/s1. The molecule has 0 aromatic heterocycles. The summed E-state index contributed by atoms with van der Waals surface area (Å²) in [4.78, 5) is 12.0. The molecule has 2 aromatic carbocycles. The highest BCUT2D eigenvalue weighted by atomic mass is 35.5. The largest absolute Gasteiger partial charge is 0.331 e. The van der Waals surface area contributed by atoms with Crippen molar-refractivity contribution in [2.24, 2.45) is 0 Å². The van der Waals surface area contributed by atoms with E-state index >= 15 is 0 Å². The van der Waals surface area contributed by atoms with Crippen LogP contribution in [0.2, 0.25) is 10.0 Å².